The van der Waals surface area contributed by atoms with Crippen molar-refractivity contribution >= 4 is 0 Å². The first kappa shape index (κ1) is 20.5. The maximum atomic E-state index is 2.80. The lowest BCUT2D eigenvalue weighted by Gasteiger charge is -2.41. The van der Waals surface area contributed by atoms with E-state index < -0.39 is 0 Å². The van der Waals surface area contributed by atoms with Gasteiger partial charge in [-0.3, -0.25) is 4.90 Å². The summed E-state index contributed by atoms with van der Waals surface area (Å²) in [5.74, 6) is 0. The molecule has 0 aromatic heterocycles. The lowest BCUT2D eigenvalue weighted by atomic mass is 9.92. The number of nitrogens with zero attached hydrogens (tertiary/aromatic N) is 1. The van der Waals surface area contributed by atoms with E-state index in [2.05, 4.69) is 49.1 Å². The van der Waals surface area contributed by atoms with Crippen LogP contribution in [-0.2, 0) is 6.54 Å². The molecule has 0 radical (unpaired) electrons. The number of unbranched alkanes of at least 4 members (excludes halogenated alkanes) is 8. The molecule has 1 saturated heterocycles. The Kier molecular flexibility index (Phi) is 10.3. The van der Waals surface area contributed by atoms with Crippen LogP contribution < -0.4 is 0 Å². The summed E-state index contributed by atoms with van der Waals surface area (Å²) < 4.78 is 0. The molecule has 142 valence electrons. The van der Waals surface area contributed by atoms with Gasteiger partial charge in [-0.05, 0) is 31.7 Å². The highest BCUT2D eigenvalue weighted by Gasteiger charge is 2.27. The molecule has 0 spiro atoms. The van der Waals surface area contributed by atoms with Gasteiger partial charge in [0.1, 0.15) is 0 Å². The molecule has 0 N–H and O–H groups in total. The molecule has 2 rings (SSSR count). The van der Waals surface area contributed by atoms with Crippen LogP contribution in [0.4, 0.5) is 0 Å². The summed E-state index contributed by atoms with van der Waals surface area (Å²) in [6.45, 7) is 5.88. The zero-order valence-electron chi connectivity index (χ0n) is 16.9. The van der Waals surface area contributed by atoms with Gasteiger partial charge in [-0.15, -0.1) is 0 Å². The van der Waals surface area contributed by atoms with Crippen molar-refractivity contribution in [2.24, 2.45) is 0 Å². The lowest BCUT2D eigenvalue weighted by molar-refractivity contribution is 0.0773. The summed E-state index contributed by atoms with van der Waals surface area (Å²) in [7, 11) is 0. The summed E-state index contributed by atoms with van der Waals surface area (Å²) in [6, 6.07) is 12.6. The van der Waals surface area contributed by atoms with Gasteiger partial charge in [0.15, 0.2) is 0 Å². The lowest BCUT2D eigenvalue weighted by Crippen LogP contribution is -2.44. The van der Waals surface area contributed by atoms with Crippen molar-refractivity contribution in [1.29, 1.82) is 0 Å². The van der Waals surface area contributed by atoms with Crippen molar-refractivity contribution in [1.82, 2.24) is 4.90 Å². The van der Waals surface area contributed by atoms with Gasteiger partial charge in [0.25, 0.3) is 0 Å². The van der Waals surface area contributed by atoms with Crippen molar-refractivity contribution in [2.75, 3.05) is 0 Å². The van der Waals surface area contributed by atoms with E-state index in [1.807, 2.05) is 0 Å². The topological polar surface area (TPSA) is 3.24 Å². The molecule has 1 heteroatoms. The molecule has 1 nitrogen and oxygen atoms in total. The molecule has 1 aliphatic heterocycles. The average molecular weight is 344 g/mol. The molecular weight excluding hydrogens is 302 g/mol. The Morgan fingerprint density at radius 1 is 0.840 bits per heavy atom. The van der Waals surface area contributed by atoms with E-state index in [4.69, 9.17) is 0 Å². The number of rotatable bonds is 12. The van der Waals surface area contributed by atoms with Gasteiger partial charge >= 0.3 is 0 Å². The van der Waals surface area contributed by atoms with Gasteiger partial charge < -0.3 is 0 Å². The summed E-state index contributed by atoms with van der Waals surface area (Å²) >= 11 is 0. The van der Waals surface area contributed by atoms with Gasteiger partial charge in [0.2, 0.25) is 0 Å². The van der Waals surface area contributed by atoms with Crippen LogP contribution in [0.25, 0.3) is 0 Å². The van der Waals surface area contributed by atoms with Crippen LogP contribution in [0.3, 0.4) is 0 Å². The molecule has 1 heterocycles. The summed E-state index contributed by atoms with van der Waals surface area (Å²) in [6.07, 6.45) is 18.6. The Morgan fingerprint density at radius 3 is 2.16 bits per heavy atom. The predicted octanol–water partition coefficient (Wildman–Crippen LogP) is 7.35. The van der Waals surface area contributed by atoms with Gasteiger partial charge in [-0.25, -0.2) is 0 Å². The molecule has 0 unspecified atom stereocenters. The van der Waals surface area contributed by atoms with E-state index in [0.29, 0.717) is 0 Å². The van der Waals surface area contributed by atoms with Gasteiger partial charge in [-0.1, -0.05) is 101 Å². The van der Waals surface area contributed by atoms with E-state index in [1.165, 1.54) is 89.0 Å². The van der Waals surface area contributed by atoms with Crippen molar-refractivity contribution < 1.29 is 0 Å². The van der Waals surface area contributed by atoms with E-state index in [0.717, 1.165) is 18.6 Å². The highest BCUT2D eigenvalue weighted by atomic mass is 15.2. The molecular formula is C24H41N. The van der Waals surface area contributed by atoms with Crippen LogP contribution in [0.5, 0.6) is 0 Å². The molecule has 1 aliphatic rings. The first-order valence-corrected chi connectivity index (χ1v) is 11.1. The first-order chi connectivity index (χ1) is 12.3. The smallest absolute Gasteiger partial charge is 0.0239 e. The fourth-order valence-electron chi connectivity index (χ4n) is 4.42. The zero-order valence-corrected chi connectivity index (χ0v) is 16.9. The first-order valence-electron chi connectivity index (χ1n) is 11.1. The fraction of sp³-hybridized carbons (Fsp3) is 0.750. The molecule has 1 fully saturated rings. The van der Waals surface area contributed by atoms with Crippen LogP contribution >= 0.6 is 0 Å². The second-order valence-corrected chi connectivity index (χ2v) is 8.21. The Bertz CT molecular complexity index is 427. The largest absolute Gasteiger partial charge is 0.293 e. The van der Waals surface area contributed by atoms with E-state index in [1.54, 1.807) is 0 Å². The maximum Gasteiger partial charge on any atom is 0.0239 e. The summed E-state index contributed by atoms with van der Waals surface area (Å²) in [5, 5.41) is 0. The average Bonchev–Trinajstić information content (AvgIpc) is 2.64. The predicted molar refractivity (Wildman–Crippen MR) is 111 cm³/mol. The minimum Gasteiger partial charge on any atom is -0.293 e. The van der Waals surface area contributed by atoms with Crippen LogP contribution in [0, 0.1) is 0 Å². The standard InChI is InChI=1S/C24H41N/c1-3-4-5-6-7-8-9-10-14-19-24-20-15-16-22(2)25(24)21-23-17-12-11-13-18-23/h11-13,17-18,22,24H,3-10,14-16,19-21H2,1-2H3/t22-,24+/m1/s1. The van der Waals surface area contributed by atoms with Gasteiger partial charge in [0, 0.05) is 18.6 Å². The Labute approximate surface area is 157 Å². The Balaban J connectivity index is 1.64. The van der Waals surface area contributed by atoms with Crippen LogP contribution in [0.15, 0.2) is 30.3 Å². The molecule has 1 aromatic rings. The van der Waals surface area contributed by atoms with Crippen molar-refractivity contribution in [3.63, 3.8) is 0 Å². The zero-order chi connectivity index (χ0) is 17.7. The van der Waals surface area contributed by atoms with Gasteiger partial charge in [-0.2, -0.15) is 0 Å². The quantitative estimate of drug-likeness (QED) is 0.358. The monoisotopic (exact) mass is 343 g/mol. The van der Waals surface area contributed by atoms with Crippen LogP contribution in [-0.4, -0.2) is 17.0 Å². The highest BCUT2D eigenvalue weighted by molar-refractivity contribution is 5.15. The number of hydrogen-bond acceptors (Lipinski definition) is 1. The molecule has 0 saturated carbocycles. The molecule has 1 aromatic carbocycles. The highest BCUT2D eigenvalue weighted by Crippen LogP contribution is 2.28. The van der Waals surface area contributed by atoms with E-state index in [-0.39, 0.29) is 0 Å². The SMILES string of the molecule is CCCCCCCCCCC[C@H]1CCC[C@@H](C)N1Cc1ccccc1. The summed E-state index contributed by atoms with van der Waals surface area (Å²) in [5.41, 5.74) is 1.48. The van der Waals surface area contributed by atoms with Crippen molar-refractivity contribution in [3.05, 3.63) is 35.9 Å². The van der Waals surface area contributed by atoms with Crippen molar-refractivity contribution in [3.8, 4) is 0 Å². The molecule has 25 heavy (non-hydrogen) atoms. The van der Waals surface area contributed by atoms with E-state index >= 15 is 0 Å². The molecule has 0 amide bonds. The third kappa shape index (κ3) is 7.94. The number of piperidine rings is 1. The van der Waals surface area contributed by atoms with Crippen molar-refractivity contribution in [2.45, 2.75) is 116 Å². The molecule has 2 atom stereocenters. The molecule has 0 bridgehead atoms. The van der Waals surface area contributed by atoms with Crippen LogP contribution in [0.2, 0.25) is 0 Å². The van der Waals surface area contributed by atoms with Gasteiger partial charge in [0.05, 0.1) is 0 Å². The Morgan fingerprint density at radius 2 is 1.48 bits per heavy atom. The summed E-state index contributed by atoms with van der Waals surface area (Å²) in [4.78, 5) is 2.80. The second-order valence-electron chi connectivity index (χ2n) is 8.21. The minimum atomic E-state index is 0.748. The van der Waals surface area contributed by atoms with E-state index in [9.17, 15) is 0 Å². The fourth-order valence-corrected chi connectivity index (χ4v) is 4.42. The third-order valence-electron chi connectivity index (χ3n) is 6.04. The second kappa shape index (κ2) is 12.5. The molecule has 0 aliphatic carbocycles. The Hall–Kier alpha value is -0.820. The number of likely N-dealkylation sites (tertiary alicyclic amines) is 1. The third-order valence-corrected chi connectivity index (χ3v) is 6.04. The number of benzene rings is 1. The maximum absolute atomic E-state index is 2.80. The van der Waals surface area contributed by atoms with Crippen LogP contribution in [0.1, 0.15) is 103 Å². The normalized spacial score (nSPS) is 21.5. The minimum absolute atomic E-state index is 0.748. The number of hydrogen-bond donors (Lipinski definition) is 0.